The molecule has 126 valence electrons. The molecular formula is C18H31NO3. The summed E-state index contributed by atoms with van der Waals surface area (Å²) in [7, 11) is 0. The minimum atomic E-state index is -0.401. The van der Waals surface area contributed by atoms with E-state index in [1.807, 2.05) is 53.7 Å². The molecule has 0 radical (unpaired) electrons. The maximum Gasteiger partial charge on any atom is 0.408 e. The summed E-state index contributed by atoms with van der Waals surface area (Å²) in [5.41, 5.74) is -0.624. The molecule has 0 aromatic heterocycles. The number of amides is 1. The molecule has 1 aliphatic rings. The number of carbonyl (C=O) groups is 2. The third kappa shape index (κ3) is 6.63. The standard InChI is InChI=1S/C18H31NO3/c1-17(2,3)15(20)13-9-7-8-10-14(12-11-13)22-16(21)19-18(4,5)6/h8,10,13-14H,7,9,11-12H2,1-6H3,(H,19,21)/b10-8+. The number of ether oxygens (including phenoxy) is 1. The van der Waals surface area contributed by atoms with E-state index in [0.717, 1.165) is 19.3 Å². The number of Topliss-reactive ketones (excluding diaryl/α,β-unsaturated/α-hetero) is 1. The molecule has 0 spiro atoms. The van der Waals surface area contributed by atoms with Gasteiger partial charge in [0.15, 0.2) is 0 Å². The summed E-state index contributed by atoms with van der Waals surface area (Å²) in [6.07, 6.45) is 6.52. The highest BCUT2D eigenvalue weighted by molar-refractivity contribution is 5.85. The van der Waals surface area contributed by atoms with E-state index in [2.05, 4.69) is 5.32 Å². The van der Waals surface area contributed by atoms with E-state index < -0.39 is 6.09 Å². The smallest absolute Gasteiger partial charge is 0.408 e. The molecule has 0 aliphatic heterocycles. The Labute approximate surface area is 134 Å². The Kier molecular flexibility index (Phi) is 6.21. The van der Waals surface area contributed by atoms with Crippen LogP contribution in [0.25, 0.3) is 0 Å². The number of carbonyl (C=O) groups excluding carboxylic acids is 2. The summed E-state index contributed by atoms with van der Waals surface area (Å²) in [4.78, 5) is 24.3. The normalized spacial score (nSPS) is 24.8. The second kappa shape index (κ2) is 7.30. The third-order valence-electron chi connectivity index (χ3n) is 3.68. The minimum absolute atomic E-state index is 0.0572. The third-order valence-corrected chi connectivity index (χ3v) is 3.68. The van der Waals surface area contributed by atoms with Crippen LogP contribution in [0.15, 0.2) is 12.2 Å². The first-order valence-electron chi connectivity index (χ1n) is 8.19. The van der Waals surface area contributed by atoms with Crippen molar-refractivity contribution in [1.29, 1.82) is 0 Å². The zero-order chi connectivity index (χ0) is 17.0. The van der Waals surface area contributed by atoms with Crippen molar-refractivity contribution in [2.75, 3.05) is 0 Å². The quantitative estimate of drug-likeness (QED) is 0.776. The van der Waals surface area contributed by atoms with Crippen LogP contribution in [0, 0.1) is 11.3 Å². The molecule has 0 aromatic rings. The van der Waals surface area contributed by atoms with Crippen LogP contribution in [0.3, 0.4) is 0 Å². The molecule has 4 heteroatoms. The highest BCUT2D eigenvalue weighted by atomic mass is 16.6. The molecule has 0 saturated heterocycles. The SMILES string of the molecule is CC(C)(C)NC(=O)OC1/C=C/CCC(C(=O)C(C)(C)C)CC1. The van der Waals surface area contributed by atoms with Crippen molar-refractivity contribution in [3.8, 4) is 0 Å². The van der Waals surface area contributed by atoms with E-state index in [-0.39, 0.29) is 23.0 Å². The van der Waals surface area contributed by atoms with Gasteiger partial charge in [-0.2, -0.15) is 0 Å². The summed E-state index contributed by atoms with van der Waals surface area (Å²) in [6.45, 7) is 11.7. The molecule has 0 fully saturated rings. The van der Waals surface area contributed by atoms with Gasteiger partial charge in [0.05, 0.1) is 0 Å². The number of ketones is 1. The van der Waals surface area contributed by atoms with Gasteiger partial charge in [-0.15, -0.1) is 0 Å². The highest BCUT2D eigenvalue weighted by Crippen LogP contribution is 2.29. The fourth-order valence-corrected chi connectivity index (χ4v) is 2.60. The average Bonchev–Trinajstić information content (AvgIpc) is 2.29. The molecule has 1 amide bonds. The number of hydrogen-bond donors (Lipinski definition) is 1. The Morgan fingerprint density at radius 2 is 1.68 bits per heavy atom. The first kappa shape index (κ1) is 18.7. The van der Waals surface area contributed by atoms with Crippen LogP contribution in [0.5, 0.6) is 0 Å². The second-order valence-corrected chi connectivity index (χ2v) is 8.21. The largest absolute Gasteiger partial charge is 0.442 e. The fourth-order valence-electron chi connectivity index (χ4n) is 2.60. The minimum Gasteiger partial charge on any atom is -0.442 e. The van der Waals surface area contributed by atoms with E-state index in [4.69, 9.17) is 4.74 Å². The van der Waals surface area contributed by atoms with Crippen molar-refractivity contribution in [2.45, 2.75) is 78.9 Å². The number of nitrogens with one attached hydrogen (secondary N) is 1. The Bertz CT molecular complexity index is 427. The fraction of sp³-hybridized carbons (Fsp3) is 0.778. The van der Waals surface area contributed by atoms with Gasteiger partial charge in [0.1, 0.15) is 11.9 Å². The maximum atomic E-state index is 12.5. The zero-order valence-corrected chi connectivity index (χ0v) is 14.9. The topological polar surface area (TPSA) is 55.4 Å². The number of alkyl carbamates (subject to hydrolysis) is 1. The molecule has 1 rings (SSSR count). The molecule has 2 unspecified atom stereocenters. The van der Waals surface area contributed by atoms with Crippen LogP contribution >= 0.6 is 0 Å². The molecule has 2 atom stereocenters. The van der Waals surface area contributed by atoms with Crippen LogP contribution in [0.1, 0.15) is 67.2 Å². The number of allylic oxidation sites excluding steroid dienone is 1. The molecule has 1 N–H and O–H groups in total. The lowest BCUT2D eigenvalue weighted by Crippen LogP contribution is -2.42. The van der Waals surface area contributed by atoms with Gasteiger partial charge < -0.3 is 10.1 Å². The number of rotatable bonds is 2. The van der Waals surface area contributed by atoms with E-state index in [1.165, 1.54) is 0 Å². The van der Waals surface area contributed by atoms with E-state index in [9.17, 15) is 9.59 Å². The Morgan fingerprint density at radius 3 is 2.23 bits per heavy atom. The lowest BCUT2D eigenvalue weighted by Gasteiger charge is -2.27. The summed E-state index contributed by atoms with van der Waals surface area (Å²) in [6, 6.07) is 0. The van der Waals surface area contributed by atoms with E-state index in [1.54, 1.807) is 0 Å². The van der Waals surface area contributed by atoms with Gasteiger partial charge in [-0.3, -0.25) is 4.79 Å². The number of hydrogen-bond acceptors (Lipinski definition) is 3. The molecule has 4 nitrogen and oxygen atoms in total. The van der Waals surface area contributed by atoms with Gasteiger partial charge in [0.2, 0.25) is 0 Å². The molecular weight excluding hydrogens is 278 g/mol. The van der Waals surface area contributed by atoms with Gasteiger partial charge in [0, 0.05) is 16.9 Å². The van der Waals surface area contributed by atoms with Crippen LogP contribution in [0.4, 0.5) is 4.79 Å². The molecule has 0 heterocycles. The first-order valence-corrected chi connectivity index (χ1v) is 8.19. The van der Waals surface area contributed by atoms with Crippen molar-refractivity contribution in [2.24, 2.45) is 11.3 Å². The predicted molar refractivity (Wildman–Crippen MR) is 88.7 cm³/mol. The Morgan fingerprint density at radius 1 is 1.05 bits per heavy atom. The van der Waals surface area contributed by atoms with Crippen LogP contribution < -0.4 is 5.32 Å². The van der Waals surface area contributed by atoms with Crippen molar-refractivity contribution in [1.82, 2.24) is 5.32 Å². The molecule has 0 aromatic carbocycles. The molecule has 1 aliphatic carbocycles. The van der Waals surface area contributed by atoms with E-state index in [0.29, 0.717) is 12.2 Å². The van der Waals surface area contributed by atoms with Gasteiger partial charge in [-0.25, -0.2) is 4.79 Å². The molecule has 22 heavy (non-hydrogen) atoms. The first-order chi connectivity index (χ1) is 9.99. The van der Waals surface area contributed by atoms with Crippen LogP contribution in [-0.4, -0.2) is 23.5 Å². The second-order valence-electron chi connectivity index (χ2n) is 8.21. The maximum absolute atomic E-state index is 12.5. The summed E-state index contributed by atoms with van der Waals surface area (Å²) in [5, 5.41) is 2.80. The van der Waals surface area contributed by atoms with Crippen molar-refractivity contribution < 1.29 is 14.3 Å². The van der Waals surface area contributed by atoms with Gasteiger partial charge >= 0.3 is 6.09 Å². The Balaban J connectivity index is 2.61. The monoisotopic (exact) mass is 309 g/mol. The lowest BCUT2D eigenvalue weighted by molar-refractivity contribution is -0.131. The van der Waals surface area contributed by atoms with Gasteiger partial charge in [-0.1, -0.05) is 26.8 Å². The summed E-state index contributed by atoms with van der Waals surface area (Å²) in [5.74, 6) is 0.363. The summed E-state index contributed by atoms with van der Waals surface area (Å²) >= 11 is 0. The van der Waals surface area contributed by atoms with Crippen molar-refractivity contribution >= 4 is 11.9 Å². The van der Waals surface area contributed by atoms with Crippen LogP contribution in [-0.2, 0) is 9.53 Å². The highest BCUT2D eigenvalue weighted by Gasteiger charge is 2.30. The lowest BCUT2D eigenvalue weighted by atomic mass is 9.78. The van der Waals surface area contributed by atoms with Crippen molar-refractivity contribution in [3.63, 3.8) is 0 Å². The van der Waals surface area contributed by atoms with Crippen molar-refractivity contribution in [3.05, 3.63) is 12.2 Å². The Hall–Kier alpha value is -1.32. The van der Waals surface area contributed by atoms with Gasteiger partial charge in [-0.05, 0) is 52.5 Å². The van der Waals surface area contributed by atoms with Gasteiger partial charge in [0.25, 0.3) is 0 Å². The average molecular weight is 309 g/mol. The van der Waals surface area contributed by atoms with Crippen LogP contribution in [0.2, 0.25) is 0 Å². The molecule has 0 saturated carbocycles. The van der Waals surface area contributed by atoms with E-state index >= 15 is 0 Å². The predicted octanol–water partition coefficient (Wildman–Crippen LogP) is 4.24. The summed E-state index contributed by atoms with van der Waals surface area (Å²) < 4.78 is 5.47. The zero-order valence-electron chi connectivity index (χ0n) is 14.9. The molecule has 0 bridgehead atoms.